The van der Waals surface area contributed by atoms with E-state index in [1.54, 1.807) is 6.07 Å². The number of benzene rings is 1. The highest BCUT2D eigenvalue weighted by Gasteiger charge is 2.24. The molecule has 0 heterocycles. The molecule has 1 amide bonds. The lowest BCUT2D eigenvalue weighted by Gasteiger charge is -2.29. The van der Waals surface area contributed by atoms with Crippen LogP contribution in [0.25, 0.3) is 0 Å². The highest BCUT2D eigenvalue weighted by molar-refractivity contribution is 6.02. The van der Waals surface area contributed by atoms with Gasteiger partial charge in [-0.25, -0.2) is 0 Å². The first-order valence-electron chi connectivity index (χ1n) is 7.70. The lowest BCUT2D eigenvalue weighted by Crippen LogP contribution is -2.32. The van der Waals surface area contributed by atoms with Crippen molar-refractivity contribution in [3.8, 4) is 0 Å². The Hall–Kier alpha value is -1.91. The van der Waals surface area contributed by atoms with E-state index in [0.29, 0.717) is 23.8 Å². The molecule has 0 saturated heterocycles. The molecule has 116 valence electrons. The quantitative estimate of drug-likeness (QED) is 0.728. The summed E-state index contributed by atoms with van der Waals surface area (Å²) in [7, 11) is 3.92. The van der Waals surface area contributed by atoms with E-state index in [1.807, 2.05) is 20.0 Å². The van der Waals surface area contributed by atoms with Crippen LogP contribution in [0.4, 0.5) is 17.1 Å². The third-order valence-corrected chi connectivity index (χ3v) is 4.27. The van der Waals surface area contributed by atoms with Crippen molar-refractivity contribution >= 4 is 23.0 Å². The molecule has 1 saturated carbocycles. The molecular weight excluding hydrogens is 264 g/mol. The Morgan fingerprint density at radius 3 is 2.62 bits per heavy atom. The second kappa shape index (κ2) is 6.70. The average Bonchev–Trinajstić information content (AvgIpc) is 3.00. The van der Waals surface area contributed by atoms with Crippen molar-refractivity contribution in [1.82, 2.24) is 5.32 Å². The summed E-state index contributed by atoms with van der Waals surface area (Å²) in [5.74, 6) is -0.0632. The number of nitrogens with zero attached hydrogens (tertiary/aromatic N) is 1. The van der Waals surface area contributed by atoms with Crippen molar-refractivity contribution < 1.29 is 4.79 Å². The van der Waals surface area contributed by atoms with Crippen LogP contribution < -0.4 is 21.3 Å². The molecule has 1 aliphatic rings. The van der Waals surface area contributed by atoms with Gasteiger partial charge in [-0.1, -0.05) is 12.8 Å². The smallest absolute Gasteiger partial charge is 0.253 e. The zero-order valence-corrected chi connectivity index (χ0v) is 13.2. The van der Waals surface area contributed by atoms with Crippen LogP contribution >= 0.6 is 0 Å². The fourth-order valence-electron chi connectivity index (χ4n) is 3.04. The lowest BCUT2D eigenvalue weighted by molar-refractivity contribution is 0.0956. The molecule has 0 aromatic heterocycles. The van der Waals surface area contributed by atoms with Crippen molar-refractivity contribution in [2.45, 2.75) is 38.6 Å². The number of rotatable bonds is 5. The molecular formula is C16H26N4O. The molecule has 5 nitrogen and oxygen atoms in total. The number of nitrogen functional groups attached to an aromatic ring is 1. The number of amides is 1. The minimum absolute atomic E-state index is 0.0632. The van der Waals surface area contributed by atoms with E-state index in [9.17, 15) is 4.79 Å². The molecule has 1 aromatic rings. The van der Waals surface area contributed by atoms with E-state index in [2.05, 4.69) is 22.6 Å². The van der Waals surface area contributed by atoms with Gasteiger partial charge in [0.1, 0.15) is 0 Å². The number of carbonyl (C=O) groups is 1. The van der Waals surface area contributed by atoms with Gasteiger partial charge in [-0.3, -0.25) is 4.79 Å². The Balaban J connectivity index is 2.41. The first kappa shape index (κ1) is 15.5. The highest BCUT2D eigenvalue weighted by Crippen LogP contribution is 2.34. The molecule has 2 rings (SSSR count). The maximum absolute atomic E-state index is 12.3. The van der Waals surface area contributed by atoms with E-state index in [-0.39, 0.29) is 5.91 Å². The van der Waals surface area contributed by atoms with Crippen molar-refractivity contribution in [2.24, 2.45) is 0 Å². The third-order valence-electron chi connectivity index (χ3n) is 4.27. The van der Waals surface area contributed by atoms with E-state index in [1.165, 1.54) is 25.7 Å². The first-order chi connectivity index (χ1) is 10.1. The summed E-state index contributed by atoms with van der Waals surface area (Å²) in [5, 5.41) is 5.97. The van der Waals surface area contributed by atoms with Gasteiger partial charge in [-0.15, -0.1) is 0 Å². The topological polar surface area (TPSA) is 70.4 Å². The summed E-state index contributed by atoms with van der Waals surface area (Å²) in [5.41, 5.74) is 9.10. The Kier molecular flexibility index (Phi) is 4.94. The number of hydrogen-bond acceptors (Lipinski definition) is 4. The van der Waals surface area contributed by atoms with Crippen LogP contribution in [-0.4, -0.2) is 32.6 Å². The van der Waals surface area contributed by atoms with Crippen LogP contribution in [0, 0.1) is 0 Å². The number of carbonyl (C=O) groups excluding carboxylic acids is 1. The molecule has 0 atom stereocenters. The molecule has 0 spiro atoms. The second-order valence-electron chi connectivity index (χ2n) is 5.62. The zero-order chi connectivity index (χ0) is 15.4. The number of nitrogens with two attached hydrogens (primary N) is 1. The monoisotopic (exact) mass is 290 g/mol. The molecule has 1 aromatic carbocycles. The SMILES string of the molecule is CCNC(=O)c1cc(N)c(NC)cc1N(C)C1CCCC1. The fourth-order valence-corrected chi connectivity index (χ4v) is 3.04. The molecule has 21 heavy (non-hydrogen) atoms. The maximum Gasteiger partial charge on any atom is 0.253 e. The van der Waals surface area contributed by atoms with Crippen LogP contribution in [-0.2, 0) is 0 Å². The molecule has 0 bridgehead atoms. The zero-order valence-electron chi connectivity index (χ0n) is 13.2. The van der Waals surface area contributed by atoms with E-state index >= 15 is 0 Å². The van der Waals surface area contributed by atoms with Crippen LogP contribution in [0.3, 0.4) is 0 Å². The summed E-state index contributed by atoms with van der Waals surface area (Å²) in [6.07, 6.45) is 4.90. The third kappa shape index (κ3) is 3.23. The van der Waals surface area contributed by atoms with Gasteiger partial charge < -0.3 is 21.3 Å². The molecule has 4 N–H and O–H groups in total. The summed E-state index contributed by atoms with van der Waals surface area (Å²) in [6, 6.07) is 4.27. The van der Waals surface area contributed by atoms with E-state index in [4.69, 9.17) is 5.73 Å². The number of hydrogen-bond donors (Lipinski definition) is 3. The van der Waals surface area contributed by atoms with Gasteiger partial charge in [0.25, 0.3) is 5.91 Å². The highest BCUT2D eigenvalue weighted by atomic mass is 16.1. The van der Waals surface area contributed by atoms with E-state index < -0.39 is 0 Å². The van der Waals surface area contributed by atoms with Crippen molar-refractivity contribution in [2.75, 3.05) is 36.6 Å². The Bertz CT molecular complexity index is 509. The summed E-state index contributed by atoms with van der Waals surface area (Å²) in [6.45, 7) is 2.53. The first-order valence-corrected chi connectivity index (χ1v) is 7.70. The summed E-state index contributed by atoms with van der Waals surface area (Å²) in [4.78, 5) is 14.6. The van der Waals surface area contributed by atoms with Crippen LogP contribution in [0.5, 0.6) is 0 Å². The second-order valence-corrected chi connectivity index (χ2v) is 5.62. The van der Waals surface area contributed by atoms with Crippen molar-refractivity contribution in [1.29, 1.82) is 0 Å². The minimum Gasteiger partial charge on any atom is -0.397 e. The average molecular weight is 290 g/mol. The van der Waals surface area contributed by atoms with Crippen LogP contribution in [0.2, 0.25) is 0 Å². The summed E-state index contributed by atoms with van der Waals surface area (Å²) >= 11 is 0. The Morgan fingerprint density at radius 1 is 1.38 bits per heavy atom. The summed E-state index contributed by atoms with van der Waals surface area (Å²) < 4.78 is 0. The largest absolute Gasteiger partial charge is 0.397 e. The van der Waals surface area contributed by atoms with Gasteiger partial charge in [0.05, 0.1) is 22.6 Å². The lowest BCUT2D eigenvalue weighted by atomic mass is 10.1. The normalized spacial score (nSPS) is 15.0. The molecule has 1 fully saturated rings. The van der Waals surface area contributed by atoms with Gasteiger partial charge in [0.15, 0.2) is 0 Å². The van der Waals surface area contributed by atoms with Gasteiger partial charge in [0, 0.05) is 26.7 Å². The van der Waals surface area contributed by atoms with Gasteiger partial charge in [-0.05, 0) is 31.9 Å². The van der Waals surface area contributed by atoms with Crippen LogP contribution in [0.1, 0.15) is 43.0 Å². The number of nitrogens with one attached hydrogen (secondary N) is 2. The molecule has 5 heteroatoms. The fraction of sp³-hybridized carbons (Fsp3) is 0.562. The molecule has 0 unspecified atom stereocenters. The molecule has 0 aliphatic heterocycles. The Morgan fingerprint density at radius 2 is 2.05 bits per heavy atom. The standard InChI is InChI=1S/C16H26N4O/c1-4-19-16(21)12-9-13(17)14(18-2)10-15(12)20(3)11-7-5-6-8-11/h9-11,18H,4-8,17H2,1-3H3,(H,19,21). The minimum atomic E-state index is -0.0632. The van der Waals surface area contributed by atoms with Gasteiger partial charge in [-0.2, -0.15) is 0 Å². The maximum atomic E-state index is 12.3. The van der Waals surface area contributed by atoms with E-state index in [0.717, 1.165) is 11.4 Å². The molecule has 1 aliphatic carbocycles. The predicted molar refractivity (Wildman–Crippen MR) is 89.1 cm³/mol. The number of anilines is 3. The molecule has 0 radical (unpaired) electrons. The Labute approximate surface area is 126 Å². The van der Waals surface area contributed by atoms with Crippen molar-refractivity contribution in [3.63, 3.8) is 0 Å². The predicted octanol–water partition coefficient (Wildman–Crippen LogP) is 2.44. The van der Waals surface area contributed by atoms with Gasteiger partial charge in [0.2, 0.25) is 0 Å². The van der Waals surface area contributed by atoms with Gasteiger partial charge >= 0.3 is 0 Å². The van der Waals surface area contributed by atoms with Crippen molar-refractivity contribution in [3.05, 3.63) is 17.7 Å². The van der Waals surface area contributed by atoms with Crippen LogP contribution in [0.15, 0.2) is 12.1 Å².